The maximum absolute atomic E-state index is 12.0. The minimum absolute atomic E-state index is 0.0527. The van der Waals surface area contributed by atoms with Gasteiger partial charge in [-0.15, -0.1) is 0 Å². The Morgan fingerprint density at radius 1 is 1.04 bits per heavy atom. The van der Waals surface area contributed by atoms with Crippen LogP contribution in [-0.2, 0) is 17.8 Å². The number of nitrogens with zero attached hydrogens (tertiary/aromatic N) is 1. The summed E-state index contributed by atoms with van der Waals surface area (Å²) in [6, 6.07) is 18.1. The van der Waals surface area contributed by atoms with Crippen molar-refractivity contribution in [3.05, 3.63) is 65.7 Å². The van der Waals surface area contributed by atoms with Crippen molar-refractivity contribution in [1.82, 2.24) is 10.2 Å². The number of hydrogen-bond acceptors (Lipinski definition) is 3. The van der Waals surface area contributed by atoms with Crippen LogP contribution in [0.25, 0.3) is 0 Å². The number of carbonyl (C=O) groups is 1. The smallest absolute Gasteiger partial charge is 0.234 e. The van der Waals surface area contributed by atoms with Crippen molar-refractivity contribution < 1.29 is 9.53 Å². The van der Waals surface area contributed by atoms with Crippen LogP contribution in [-0.4, -0.2) is 38.1 Å². The second-order valence-corrected chi connectivity index (χ2v) is 5.61. The highest BCUT2D eigenvalue weighted by Gasteiger charge is 2.07. The number of methoxy groups -OCH3 is 1. The van der Waals surface area contributed by atoms with Gasteiger partial charge in [0.15, 0.2) is 0 Å². The first-order chi connectivity index (χ1) is 11.2. The number of amides is 1. The van der Waals surface area contributed by atoms with E-state index in [0.29, 0.717) is 13.1 Å². The average molecular weight is 312 g/mol. The molecular formula is C19H24N2O2. The zero-order valence-electron chi connectivity index (χ0n) is 13.8. The molecule has 1 amide bonds. The van der Waals surface area contributed by atoms with Crippen LogP contribution in [0.2, 0.25) is 0 Å². The van der Waals surface area contributed by atoms with E-state index < -0.39 is 0 Å². The zero-order chi connectivity index (χ0) is 16.5. The predicted octanol–water partition coefficient (Wildman–Crippen LogP) is 2.49. The summed E-state index contributed by atoms with van der Waals surface area (Å²) in [5.74, 6) is 0.895. The van der Waals surface area contributed by atoms with Crippen molar-refractivity contribution in [3.63, 3.8) is 0 Å². The average Bonchev–Trinajstić information content (AvgIpc) is 2.56. The van der Waals surface area contributed by atoms with Crippen LogP contribution < -0.4 is 10.1 Å². The Labute approximate surface area is 138 Å². The molecule has 0 heterocycles. The second kappa shape index (κ2) is 8.96. The molecule has 0 aliphatic heterocycles. The fourth-order valence-electron chi connectivity index (χ4n) is 2.39. The molecule has 2 aromatic carbocycles. The molecule has 0 aliphatic rings. The summed E-state index contributed by atoms with van der Waals surface area (Å²) in [7, 11) is 3.60. The lowest BCUT2D eigenvalue weighted by Crippen LogP contribution is -2.35. The molecule has 0 spiro atoms. The molecule has 0 unspecified atom stereocenters. The molecule has 1 N–H and O–H groups in total. The van der Waals surface area contributed by atoms with E-state index in [4.69, 9.17) is 4.74 Å². The summed E-state index contributed by atoms with van der Waals surface area (Å²) in [4.78, 5) is 14.0. The third-order valence-electron chi connectivity index (χ3n) is 3.60. The van der Waals surface area contributed by atoms with E-state index in [-0.39, 0.29) is 5.91 Å². The summed E-state index contributed by atoms with van der Waals surface area (Å²) < 4.78 is 5.14. The molecule has 23 heavy (non-hydrogen) atoms. The molecular weight excluding hydrogens is 288 g/mol. The summed E-state index contributed by atoms with van der Waals surface area (Å²) in [5.41, 5.74) is 2.39. The Kier molecular flexibility index (Phi) is 6.63. The quantitative estimate of drug-likeness (QED) is 0.814. The van der Waals surface area contributed by atoms with Gasteiger partial charge in [0.1, 0.15) is 5.75 Å². The molecule has 122 valence electrons. The Bertz CT molecular complexity index is 597. The van der Waals surface area contributed by atoms with Crippen molar-refractivity contribution in [1.29, 1.82) is 0 Å². The second-order valence-electron chi connectivity index (χ2n) is 5.61. The molecule has 4 heteroatoms. The number of rotatable bonds is 8. The van der Waals surface area contributed by atoms with Crippen LogP contribution in [0.15, 0.2) is 54.6 Å². The van der Waals surface area contributed by atoms with Crippen molar-refractivity contribution in [2.45, 2.75) is 13.0 Å². The third-order valence-corrected chi connectivity index (χ3v) is 3.60. The maximum Gasteiger partial charge on any atom is 0.234 e. The molecule has 0 bridgehead atoms. The minimum Gasteiger partial charge on any atom is -0.497 e. The highest BCUT2D eigenvalue weighted by atomic mass is 16.5. The minimum atomic E-state index is 0.0527. The number of hydrogen-bond donors (Lipinski definition) is 1. The topological polar surface area (TPSA) is 41.6 Å². The fourth-order valence-corrected chi connectivity index (χ4v) is 2.39. The monoisotopic (exact) mass is 312 g/mol. The van der Waals surface area contributed by atoms with Gasteiger partial charge in [0.25, 0.3) is 0 Å². The third kappa shape index (κ3) is 6.12. The number of ether oxygens (including phenoxy) is 1. The largest absolute Gasteiger partial charge is 0.497 e. The van der Waals surface area contributed by atoms with Crippen LogP contribution in [0, 0.1) is 0 Å². The van der Waals surface area contributed by atoms with Gasteiger partial charge >= 0.3 is 0 Å². The molecule has 2 aromatic rings. The van der Waals surface area contributed by atoms with E-state index in [0.717, 1.165) is 24.3 Å². The number of benzene rings is 2. The lowest BCUT2D eigenvalue weighted by atomic mass is 10.1. The van der Waals surface area contributed by atoms with Gasteiger partial charge in [0, 0.05) is 13.1 Å². The van der Waals surface area contributed by atoms with Crippen molar-refractivity contribution >= 4 is 5.91 Å². The molecule has 0 radical (unpaired) electrons. The maximum atomic E-state index is 12.0. The standard InChI is InChI=1S/C19H24N2O2/c1-21(14-17-8-10-18(23-2)11-9-17)15-19(22)20-13-12-16-6-4-3-5-7-16/h3-11H,12-15H2,1-2H3,(H,20,22). The number of carbonyl (C=O) groups excluding carboxylic acids is 1. The first-order valence-electron chi connectivity index (χ1n) is 7.79. The van der Waals surface area contributed by atoms with E-state index in [2.05, 4.69) is 17.4 Å². The fraction of sp³-hybridized carbons (Fsp3) is 0.316. The lowest BCUT2D eigenvalue weighted by molar-refractivity contribution is -0.122. The van der Waals surface area contributed by atoms with Gasteiger partial charge in [-0.1, -0.05) is 42.5 Å². The molecule has 0 saturated heterocycles. The highest BCUT2D eigenvalue weighted by Crippen LogP contribution is 2.12. The van der Waals surface area contributed by atoms with Crippen LogP contribution >= 0.6 is 0 Å². The SMILES string of the molecule is COc1ccc(CN(C)CC(=O)NCCc2ccccc2)cc1. The van der Waals surface area contributed by atoms with Crippen LogP contribution in [0.1, 0.15) is 11.1 Å². The summed E-state index contributed by atoms with van der Waals surface area (Å²) >= 11 is 0. The molecule has 4 nitrogen and oxygen atoms in total. The normalized spacial score (nSPS) is 10.6. The van der Waals surface area contributed by atoms with Gasteiger partial charge in [0.05, 0.1) is 13.7 Å². The first-order valence-corrected chi connectivity index (χ1v) is 7.79. The van der Waals surface area contributed by atoms with Gasteiger partial charge in [-0.25, -0.2) is 0 Å². The Hall–Kier alpha value is -2.33. The summed E-state index contributed by atoms with van der Waals surface area (Å²) in [6.07, 6.45) is 0.856. The summed E-state index contributed by atoms with van der Waals surface area (Å²) in [6.45, 7) is 1.79. The zero-order valence-corrected chi connectivity index (χ0v) is 13.8. The van der Waals surface area contributed by atoms with E-state index >= 15 is 0 Å². The molecule has 0 fully saturated rings. The van der Waals surface area contributed by atoms with Crippen molar-refractivity contribution in [2.75, 3.05) is 27.2 Å². The van der Waals surface area contributed by atoms with E-state index in [1.165, 1.54) is 5.56 Å². The van der Waals surface area contributed by atoms with Gasteiger partial charge in [0.2, 0.25) is 5.91 Å². The van der Waals surface area contributed by atoms with E-state index in [9.17, 15) is 4.79 Å². The van der Waals surface area contributed by atoms with Crippen molar-refractivity contribution in [2.24, 2.45) is 0 Å². The molecule has 2 rings (SSSR count). The Balaban J connectivity index is 1.69. The summed E-state index contributed by atoms with van der Waals surface area (Å²) in [5, 5.41) is 2.97. The molecule has 0 aliphatic carbocycles. The van der Waals surface area contributed by atoms with Crippen LogP contribution in [0.4, 0.5) is 0 Å². The van der Waals surface area contributed by atoms with Crippen LogP contribution in [0.5, 0.6) is 5.75 Å². The van der Waals surface area contributed by atoms with E-state index in [1.807, 2.05) is 54.4 Å². The van der Waals surface area contributed by atoms with Gasteiger partial charge in [-0.2, -0.15) is 0 Å². The molecule has 0 saturated carbocycles. The predicted molar refractivity (Wildman–Crippen MR) is 92.5 cm³/mol. The molecule has 0 atom stereocenters. The first kappa shape index (κ1) is 17.0. The number of likely N-dealkylation sites (N-methyl/N-ethyl adjacent to an activating group) is 1. The van der Waals surface area contributed by atoms with Crippen LogP contribution in [0.3, 0.4) is 0 Å². The van der Waals surface area contributed by atoms with Gasteiger partial charge < -0.3 is 10.1 Å². The van der Waals surface area contributed by atoms with E-state index in [1.54, 1.807) is 7.11 Å². The highest BCUT2D eigenvalue weighted by molar-refractivity contribution is 5.77. The lowest BCUT2D eigenvalue weighted by Gasteiger charge is -2.16. The number of nitrogens with one attached hydrogen (secondary N) is 1. The van der Waals surface area contributed by atoms with Gasteiger partial charge in [-0.3, -0.25) is 9.69 Å². The molecule has 0 aromatic heterocycles. The van der Waals surface area contributed by atoms with Crippen molar-refractivity contribution in [3.8, 4) is 5.75 Å². The Morgan fingerprint density at radius 2 is 1.74 bits per heavy atom. The van der Waals surface area contributed by atoms with Gasteiger partial charge in [-0.05, 0) is 36.7 Å². The Morgan fingerprint density at radius 3 is 2.39 bits per heavy atom.